The Bertz CT molecular complexity index is 1060. The van der Waals surface area contributed by atoms with Crippen LogP contribution in [0.15, 0.2) is 39.9 Å². The minimum atomic E-state index is -0.204. The first kappa shape index (κ1) is 18.1. The van der Waals surface area contributed by atoms with Crippen molar-refractivity contribution in [1.82, 2.24) is 25.0 Å². The number of rotatable bonds is 4. The summed E-state index contributed by atoms with van der Waals surface area (Å²) in [6.07, 6.45) is 4.71. The zero-order valence-electron chi connectivity index (χ0n) is 15.8. The molecule has 1 N–H and O–H groups in total. The van der Waals surface area contributed by atoms with Crippen LogP contribution < -0.4 is 5.56 Å². The molecule has 8 nitrogen and oxygen atoms in total. The van der Waals surface area contributed by atoms with E-state index in [1.165, 1.54) is 6.07 Å². The number of nitrogens with zero attached hydrogens (tertiary/aromatic N) is 4. The van der Waals surface area contributed by atoms with Crippen LogP contribution in [0.25, 0.3) is 11.3 Å². The standard InChI is InChI=1S/C20H21N5O3/c1-3-15-18(12(2)28-24-15)20(27)25-9-6-14(11-25)19-22-16(10-17(26)23-19)13-4-7-21-8-5-13/h4-5,7-8,10,14H,3,6,9,11H2,1-2H3,(H,22,23,26). The third-order valence-electron chi connectivity index (χ3n) is 5.08. The number of hydrogen-bond acceptors (Lipinski definition) is 6. The fourth-order valence-corrected chi connectivity index (χ4v) is 3.60. The van der Waals surface area contributed by atoms with E-state index in [4.69, 9.17) is 4.52 Å². The Morgan fingerprint density at radius 1 is 1.36 bits per heavy atom. The molecule has 8 heteroatoms. The molecule has 1 saturated heterocycles. The van der Waals surface area contributed by atoms with Gasteiger partial charge in [-0.25, -0.2) is 4.98 Å². The number of pyridine rings is 1. The predicted octanol–water partition coefficient (Wildman–Crippen LogP) is 2.32. The van der Waals surface area contributed by atoms with Crippen LogP contribution in [0.5, 0.6) is 0 Å². The van der Waals surface area contributed by atoms with Crippen molar-refractivity contribution >= 4 is 5.91 Å². The molecule has 1 fully saturated rings. The minimum Gasteiger partial charge on any atom is -0.361 e. The Kier molecular flexibility index (Phi) is 4.77. The van der Waals surface area contributed by atoms with Crippen LogP contribution in [0.3, 0.4) is 0 Å². The highest BCUT2D eigenvalue weighted by Gasteiger charge is 2.32. The van der Waals surface area contributed by atoms with Crippen LogP contribution >= 0.6 is 0 Å². The van der Waals surface area contributed by atoms with Crippen LogP contribution in [0.4, 0.5) is 0 Å². The Balaban J connectivity index is 1.58. The number of hydrogen-bond donors (Lipinski definition) is 1. The van der Waals surface area contributed by atoms with E-state index in [-0.39, 0.29) is 17.4 Å². The van der Waals surface area contributed by atoms with Crippen molar-refractivity contribution in [3.05, 3.63) is 63.8 Å². The lowest BCUT2D eigenvalue weighted by atomic mass is 10.1. The van der Waals surface area contributed by atoms with Crippen molar-refractivity contribution < 1.29 is 9.32 Å². The second-order valence-electron chi connectivity index (χ2n) is 6.90. The summed E-state index contributed by atoms with van der Waals surface area (Å²) in [7, 11) is 0. The van der Waals surface area contributed by atoms with Crippen molar-refractivity contribution in [3.8, 4) is 11.3 Å². The maximum atomic E-state index is 13.0. The predicted molar refractivity (Wildman–Crippen MR) is 102 cm³/mol. The van der Waals surface area contributed by atoms with Gasteiger partial charge in [0.15, 0.2) is 0 Å². The zero-order chi connectivity index (χ0) is 19.7. The molecule has 1 amide bonds. The molecular weight excluding hydrogens is 358 g/mol. The lowest BCUT2D eigenvalue weighted by molar-refractivity contribution is 0.0788. The zero-order valence-corrected chi connectivity index (χ0v) is 15.8. The first-order valence-corrected chi connectivity index (χ1v) is 9.33. The van der Waals surface area contributed by atoms with Gasteiger partial charge >= 0.3 is 0 Å². The fraction of sp³-hybridized carbons (Fsp3) is 0.350. The van der Waals surface area contributed by atoms with Gasteiger partial charge in [0.25, 0.3) is 11.5 Å². The Labute approximate surface area is 161 Å². The van der Waals surface area contributed by atoms with Crippen molar-refractivity contribution in [3.63, 3.8) is 0 Å². The lowest BCUT2D eigenvalue weighted by Gasteiger charge is -2.16. The van der Waals surface area contributed by atoms with Crippen LogP contribution in [0.1, 0.15) is 46.9 Å². The van der Waals surface area contributed by atoms with Crippen molar-refractivity contribution in [2.45, 2.75) is 32.6 Å². The molecule has 1 aliphatic heterocycles. The highest BCUT2D eigenvalue weighted by atomic mass is 16.5. The normalized spacial score (nSPS) is 16.5. The molecule has 0 saturated carbocycles. The SMILES string of the molecule is CCc1noc(C)c1C(=O)N1CCC(c2nc(-c3ccncc3)cc(=O)[nH]2)C1. The molecule has 1 atom stereocenters. The van der Waals surface area contributed by atoms with Gasteiger partial charge in [-0.15, -0.1) is 0 Å². The molecule has 0 bridgehead atoms. The van der Waals surface area contributed by atoms with E-state index in [0.29, 0.717) is 48.0 Å². The molecule has 4 heterocycles. The van der Waals surface area contributed by atoms with Crippen molar-refractivity contribution in [2.75, 3.05) is 13.1 Å². The summed E-state index contributed by atoms with van der Waals surface area (Å²) in [6, 6.07) is 5.11. The molecule has 3 aromatic rings. The third-order valence-corrected chi connectivity index (χ3v) is 5.08. The van der Waals surface area contributed by atoms with Crippen LogP contribution in [0, 0.1) is 6.92 Å². The van der Waals surface area contributed by atoms with E-state index < -0.39 is 0 Å². The van der Waals surface area contributed by atoms with Crippen molar-refractivity contribution in [2.24, 2.45) is 0 Å². The molecule has 28 heavy (non-hydrogen) atoms. The average molecular weight is 379 g/mol. The molecule has 0 aliphatic carbocycles. The summed E-state index contributed by atoms with van der Waals surface area (Å²) in [6.45, 7) is 4.79. The second kappa shape index (κ2) is 7.38. The number of amides is 1. The molecule has 1 aliphatic rings. The first-order valence-electron chi connectivity index (χ1n) is 9.33. The fourth-order valence-electron chi connectivity index (χ4n) is 3.60. The molecule has 0 spiro atoms. The molecule has 0 aromatic carbocycles. The summed E-state index contributed by atoms with van der Waals surface area (Å²) in [5, 5.41) is 3.97. The molecular formula is C20H21N5O3. The van der Waals surface area contributed by atoms with Crippen LogP contribution in [-0.4, -0.2) is 44.0 Å². The van der Waals surface area contributed by atoms with E-state index in [0.717, 1.165) is 12.0 Å². The molecule has 144 valence electrons. The van der Waals surface area contributed by atoms with E-state index in [1.54, 1.807) is 24.2 Å². The number of carbonyl (C=O) groups excluding carboxylic acids is 1. The van der Waals surface area contributed by atoms with Crippen LogP contribution in [-0.2, 0) is 6.42 Å². The second-order valence-corrected chi connectivity index (χ2v) is 6.90. The molecule has 4 rings (SSSR count). The summed E-state index contributed by atoms with van der Waals surface area (Å²) >= 11 is 0. The Hall–Kier alpha value is -3.29. The minimum absolute atomic E-state index is 0.0244. The van der Waals surface area contributed by atoms with E-state index in [1.807, 2.05) is 19.1 Å². The topological polar surface area (TPSA) is 105 Å². The van der Waals surface area contributed by atoms with Gasteiger partial charge in [0, 0.05) is 43.0 Å². The maximum absolute atomic E-state index is 13.0. The number of nitrogens with one attached hydrogen (secondary N) is 1. The summed E-state index contributed by atoms with van der Waals surface area (Å²) in [5.74, 6) is 1.04. The maximum Gasteiger partial charge on any atom is 0.259 e. The van der Waals surface area contributed by atoms with E-state index >= 15 is 0 Å². The van der Waals surface area contributed by atoms with Gasteiger partial charge in [-0.05, 0) is 31.9 Å². The number of aryl methyl sites for hydroxylation is 2. The van der Waals surface area contributed by atoms with E-state index in [9.17, 15) is 9.59 Å². The van der Waals surface area contributed by atoms with Gasteiger partial charge in [0.05, 0.1) is 11.4 Å². The third kappa shape index (κ3) is 3.33. The average Bonchev–Trinajstić information content (AvgIpc) is 3.34. The number of carbonyl (C=O) groups is 1. The number of H-pyrrole nitrogens is 1. The van der Waals surface area contributed by atoms with Gasteiger partial charge in [0.2, 0.25) is 0 Å². The lowest BCUT2D eigenvalue weighted by Crippen LogP contribution is -2.29. The largest absolute Gasteiger partial charge is 0.361 e. The smallest absolute Gasteiger partial charge is 0.259 e. The van der Waals surface area contributed by atoms with Gasteiger partial charge in [-0.1, -0.05) is 12.1 Å². The Morgan fingerprint density at radius 3 is 2.89 bits per heavy atom. The molecule has 1 unspecified atom stereocenters. The monoisotopic (exact) mass is 379 g/mol. The summed E-state index contributed by atoms with van der Waals surface area (Å²) in [4.78, 5) is 38.4. The highest BCUT2D eigenvalue weighted by molar-refractivity contribution is 5.96. The van der Waals surface area contributed by atoms with Gasteiger partial charge in [-0.3, -0.25) is 14.6 Å². The first-order chi connectivity index (χ1) is 13.6. The van der Waals surface area contributed by atoms with Crippen LogP contribution in [0.2, 0.25) is 0 Å². The quantitative estimate of drug-likeness (QED) is 0.746. The van der Waals surface area contributed by atoms with Gasteiger partial charge in [-0.2, -0.15) is 0 Å². The molecule has 0 radical (unpaired) electrons. The van der Waals surface area contributed by atoms with E-state index in [2.05, 4.69) is 20.1 Å². The Morgan fingerprint density at radius 2 is 2.14 bits per heavy atom. The number of likely N-dealkylation sites (tertiary alicyclic amines) is 1. The van der Waals surface area contributed by atoms with Gasteiger partial charge in [0.1, 0.15) is 17.1 Å². The summed E-state index contributed by atoms with van der Waals surface area (Å²) < 4.78 is 5.20. The van der Waals surface area contributed by atoms with Crippen molar-refractivity contribution in [1.29, 1.82) is 0 Å². The number of aromatic amines is 1. The molecule has 3 aromatic heterocycles. The van der Waals surface area contributed by atoms with Gasteiger partial charge < -0.3 is 14.4 Å². The number of aromatic nitrogens is 4. The summed E-state index contributed by atoms with van der Waals surface area (Å²) in [5.41, 5.74) is 2.46. The highest BCUT2D eigenvalue weighted by Crippen LogP contribution is 2.28.